The number of nitrogens with zero attached hydrogens (tertiary/aromatic N) is 5. The number of benzene rings is 7. The summed E-state index contributed by atoms with van der Waals surface area (Å²) in [5.41, 5.74) is 13.1. The maximum atomic E-state index is 5.33. The second-order valence-electron chi connectivity index (χ2n) is 14.8. The summed E-state index contributed by atoms with van der Waals surface area (Å²) in [6, 6.07) is 61.9. The van der Waals surface area contributed by atoms with Crippen LogP contribution in [0.4, 0.5) is 0 Å². The predicted molar refractivity (Wildman–Crippen MR) is 240 cm³/mol. The summed E-state index contributed by atoms with van der Waals surface area (Å²) in [6.07, 6.45) is 3.70. The van der Waals surface area contributed by atoms with Crippen molar-refractivity contribution in [2.24, 2.45) is 0 Å². The summed E-state index contributed by atoms with van der Waals surface area (Å²) < 4.78 is 0. The molecule has 0 N–H and O–H groups in total. The number of hydrogen-bond donors (Lipinski definition) is 0. The van der Waals surface area contributed by atoms with E-state index in [-0.39, 0.29) is 0 Å². The van der Waals surface area contributed by atoms with Crippen molar-refractivity contribution in [3.8, 4) is 44.9 Å². The normalized spacial score (nSPS) is 11.8. The van der Waals surface area contributed by atoms with Gasteiger partial charge in [-0.2, -0.15) is 0 Å². The van der Waals surface area contributed by atoms with Crippen LogP contribution < -0.4 is 0 Å². The Balaban J connectivity index is 0.947. The van der Waals surface area contributed by atoms with Crippen molar-refractivity contribution < 1.29 is 0 Å². The van der Waals surface area contributed by atoms with Crippen LogP contribution in [-0.2, 0) is 0 Å². The largest absolute Gasteiger partial charge is 0.256 e. The summed E-state index contributed by atoms with van der Waals surface area (Å²) in [5, 5.41) is 10.0. The highest BCUT2D eigenvalue weighted by atomic mass is 14.8. The van der Waals surface area contributed by atoms with Crippen molar-refractivity contribution in [1.29, 1.82) is 0 Å². The number of aromatic nitrogens is 5. The first-order chi connectivity index (χ1) is 28.7. The Morgan fingerprint density at radius 3 is 1.47 bits per heavy atom. The molecular formula is C53H31N5. The minimum atomic E-state index is 0.910. The van der Waals surface area contributed by atoms with Gasteiger partial charge in [-0.05, 0) is 93.3 Å². The maximum Gasteiger partial charge on any atom is 0.0972 e. The molecule has 5 nitrogen and oxygen atoms in total. The van der Waals surface area contributed by atoms with Crippen molar-refractivity contribution in [1.82, 2.24) is 24.9 Å². The smallest absolute Gasteiger partial charge is 0.0972 e. The van der Waals surface area contributed by atoms with E-state index in [1.165, 1.54) is 0 Å². The maximum absolute atomic E-state index is 5.33. The minimum absolute atomic E-state index is 0.910. The Morgan fingerprint density at radius 2 is 0.810 bits per heavy atom. The van der Waals surface area contributed by atoms with Gasteiger partial charge in [-0.3, -0.25) is 9.97 Å². The van der Waals surface area contributed by atoms with Crippen molar-refractivity contribution in [3.63, 3.8) is 0 Å². The predicted octanol–water partition coefficient (Wildman–Crippen LogP) is 13.4. The molecule has 0 radical (unpaired) electrons. The molecule has 5 heterocycles. The lowest BCUT2D eigenvalue weighted by Gasteiger charge is -2.17. The fourth-order valence-electron chi connectivity index (χ4n) is 8.76. The topological polar surface area (TPSA) is 64.5 Å². The van der Waals surface area contributed by atoms with Gasteiger partial charge in [0.05, 0.1) is 44.7 Å². The van der Waals surface area contributed by atoms with E-state index < -0.39 is 0 Å². The van der Waals surface area contributed by atoms with Gasteiger partial charge in [-0.25, -0.2) is 15.0 Å². The van der Waals surface area contributed by atoms with E-state index in [0.717, 1.165) is 121 Å². The van der Waals surface area contributed by atoms with Crippen LogP contribution in [0.15, 0.2) is 188 Å². The zero-order valence-corrected chi connectivity index (χ0v) is 31.1. The van der Waals surface area contributed by atoms with Crippen molar-refractivity contribution in [2.75, 3.05) is 0 Å². The third kappa shape index (κ3) is 5.14. The molecule has 0 spiro atoms. The Kier molecular flexibility index (Phi) is 7.16. The van der Waals surface area contributed by atoms with Crippen molar-refractivity contribution in [3.05, 3.63) is 188 Å². The number of fused-ring (bicyclic) bond motifs is 8. The zero-order valence-electron chi connectivity index (χ0n) is 31.1. The van der Waals surface area contributed by atoms with Gasteiger partial charge in [0.15, 0.2) is 0 Å². The fraction of sp³-hybridized carbons (Fsp3) is 0. The molecule has 5 aromatic heterocycles. The molecule has 0 saturated carbocycles. The van der Waals surface area contributed by atoms with Crippen LogP contribution in [-0.4, -0.2) is 24.9 Å². The van der Waals surface area contributed by atoms with Crippen molar-refractivity contribution >= 4 is 76.1 Å². The first-order valence-electron chi connectivity index (χ1n) is 19.5. The third-order valence-electron chi connectivity index (χ3n) is 11.5. The van der Waals surface area contributed by atoms with Crippen molar-refractivity contribution in [2.45, 2.75) is 0 Å². The Bertz CT molecular complexity index is 3590. The molecule has 5 heteroatoms. The van der Waals surface area contributed by atoms with Crippen LogP contribution in [0.5, 0.6) is 0 Å². The second-order valence-corrected chi connectivity index (χ2v) is 14.8. The van der Waals surface area contributed by atoms with E-state index in [1.54, 1.807) is 0 Å². The summed E-state index contributed by atoms with van der Waals surface area (Å²) in [5.74, 6) is 0. The van der Waals surface area contributed by atoms with E-state index >= 15 is 0 Å². The lowest BCUT2D eigenvalue weighted by Crippen LogP contribution is -1.95. The Labute approximate surface area is 333 Å². The molecule has 0 atom stereocenters. The van der Waals surface area contributed by atoms with Crippen LogP contribution in [0.2, 0.25) is 0 Å². The molecule has 0 aliphatic carbocycles. The van der Waals surface area contributed by atoms with Crippen LogP contribution in [0, 0.1) is 0 Å². The zero-order chi connectivity index (χ0) is 38.2. The molecule has 0 fully saturated rings. The van der Waals surface area contributed by atoms with E-state index in [2.05, 4.69) is 151 Å². The highest BCUT2D eigenvalue weighted by Gasteiger charge is 2.19. The summed E-state index contributed by atoms with van der Waals surface area (Å²) in [4.78, 5) is 25.0. The van der Waals surface area contributed by atoms with Gasteiger partial charge in [0.25, 0.3) is 0 Å². The molecule has 12 rings (SSSR count). The lowest BCUT2D eigenvalue weighted by atomic mass is 9.88. The number of pyridine rings is 5. The second kappa shape index (κ2) is 12.8. The van der Waals surface area contributed by atoms with Gasteiger partial charge in [-0.1, -0.05) is 115 Å². The van der Waals surface area contributed by atoms with Gasteiger partial charge >= 0.3 is 0 Å². The number of para-hydroxylation sites is 1. The fourth-order valence-corrected chi connectivity index (χ4v) is 8.76. The summed E-state index contributed by atoms with van der Waals surface area (Å²) in [6.45, 7) is 0. The van der Waals surface area contributed by atoms with Gasteiger partial charge in [0, 0.05) is 56.0 Å². The quantitative estimate of drug-likeness (QED) is 0.133. The van der Waals surface area contributed by atoms with E-state index in [9.17, 15) is 0 Å². The van der Waals surface area contributed by atoms with Gasteiger partial charge < -0.3 is 0 Å². The molecule has 7 aromatic carbocycles. The van der Waals surface area contributed by atoms with E-state index in [0.29, 0.717) is 0 Å². The number of rotatable bonds is 4. The Hall–Kier alpha value is -7.89. The van der Waals surface area contributed by atoms with Gasteiger partial charge in [0.1, 0.15) is 0 Å². The Morgan fingerprint density at radius 1 is 0.293 bits per heavy atom. The molecule has 0 aliphatic rings. The van der Waals surface area contributed by atoms with Crippen LogP contribution >= 0.6 is 0 Å². The van der Waals surface area contributed by atoms with E-state index in [4.69, 9.17) is 19.9 Å². The van der Waals surface area contributed by atoms with Crippen LogP contribution in [0.3, 0.4) is 0 Å². The molecule has 0 bridgehead atoms. The standard InChI is InChI=1S/C53H31N5/c1-3-12-42-40(10-1)50(41-11-2-4-13-43(41)51(42)49-25-17-33-16-15-32-8-7-28-55-52(32)53(33)58-49)48-26-21-37-31-35(19-23-45(37)57-48)34-18-22-44-36(30-34)20-24-47(56-44)39-27-29-54-46-14-6-5-9-38(39)46/h1-31H. The SMILES string of the molecule is c1cnc2c(c1)ccc1ccc(-c3c4ccccc4c(-c4ccc5cc(-c6ccc7nc(-c8ccnc9ccccc89)ccc7c6)ccc5n4)c4ccccc34)nc12. The first-order valence-corrected chi connectivity index (χ1v) is 19.5. The van der Waals surface area contributed by atoms with Crippen LogP contribution in [0.1, 0.15) is 0 Å². The summed E-state index contributed by atoms with van der Waals surface area (Å²) in [7, 11) is 0. The molecule has 0 unspecified atom stereocenters. The van der Waals surface area contributed by atoms with Gasteiger partial charge in [0.2, 0.25) is 0 Å². The van der Waals surface area contributed by atoms with E-state index in [1.807, 2.05) is 42.7 Å². The third-order valence-corrected chi connectivity index (χ3v) is 11.5. The summed E-state index contributed by atoms with van der Waals surface area (Å²) >= 11 is 0. The molecular weight excluding hydrogens is 707 g/mol. The monoisotopic (exact) mass is 737 g/mol. The molecule has 268 valence electrons. The van der Waals surface area contributed by atoms with Crippen LogP contribution in [0.25, 0.3) is 121 Å². The average Bonchev–Trinajstić information content (AvgIpc) is 3.29. The molecule has 0 aliphatic heterocycles. The highest BCUT2D eigenvalue weighted by Crippen LogP contribution is 2.43. The molecule has 58 heavy (non-hydrogen) atoms. The van der Waals surface area contributed by atoms with Gasteiger partial charge in [-0.15, -0.1) is 0 Å². The molecule has 0 saturated heterocycles. The number of hydrogen-bond acceptors (Lipinski definition) is 5. The molecule has 0 amide bonds. The minimum Gasteiger partial charge on any atom is -0.256 e. The molecule has 12 aromatic rings. The first kappa shape index (κ1) is 32.4. The lowest BCUT2D eigenvalue weighted by molar-refractivity contribution is 1.37. The average molecular weight is 738 g/mol. The highest BCUT2D eigenvalue weighted by molar-refractivity contribution is 6.21.